The van der Waals surface area contributed by atoms with Gasteiger partial charge in [0.1, 0.15) is 6.20 Å². The Labute approximate surface area is 136 Å². The minimum Gasteiger partial charge on any atom is -0.479 e. The average molecular weight is 347 g/mol. The maximum Gasteiger partial charge on any atom is 0.343 e. The van der Waals surface area contributed by atoms with Crippen molar-refractivity contribution in [1.29, 1.82) is 0 Å². The Morgan fingerprint density at radius 1 is 1.61 bits per heavy atom. The molecule has 0 aliphatic heterocycles. The lowest BCUT2D eigenvalue weighted by Gasteiger charge is -2.33. The maximum atomic E-state index is 14.3. The molecule has 1 aromatic heterocycles. The summed E-state index contributed by atoms with van der Waals surface area (Å²) in [5, 5.41) is 20.0. The van der Waals surface area contributed by atoms with Gasteiger partial charge in [0.25, 0.3) is 0 Å². The zero-order chi connectivity index (χ0) is 17.2. The molecule has 0 saturated heterocycles. The Balaban J connectivity index is 2.47. The number of halogens is 2. The van der Waals surface area contributed by atoms with Crippen molar-refractivity contribution >= 4 is 29.1 Å². The molecule has 1 aliphatic carbocycles. The average Bonchev–Trinajstić information content (AvgIpc) is 2.98. The molecule has 0 bridgehead atoms. The van der Waals surface area contributed by atoms with Gasteiger partial charge in [0.05, 0.1) is 11.5 Å². The van der Waals surface area contributed by atoms with Gasteiger partial charge in [-0.05, 0) is 31.4 Å². The number of carboxylic acids is 1. The fourth-order valence-electron chi connectivity index (χ4n) is 2.67. The van der Waals surface area contributed by atoms with Crippen molar-refractivity contribution in [3.63, 3.8) is 0 Å². The highest BCUT2D eigenvalue weighted by Crippen LogP contribution is 2.34. The molecule has 1 aliphatic rings. The van der Waals surface area contributed by atoms with Crippen LogP contribution in [0.1, 0.15) is 32.6 Å². The normalized spacial score (nSPS) is 17.7. The van der Waals surface area contributed by atoms with Crippen molar-refractivity contribution in [3.8, 4) is 0 Å². The van der Waals surface area contributed by atoms with Gasteiger partial charge in [0, 0.05) is 6.04 Å². The summed E-state index contributed by atoms with van der Waals surface area (Å²) in [6.07, 6.45) is 4.06. The van der Waals surface area contributed by atoms with Gasteiger partial charge in [-0.15, -0.1) is 0 Å². The minimum absolute atomic E-state index is 0.146. The van der Waals surface area contributed by atoms with E-state index in [1.54, 1.807) is 0 Å². The van der Waals surface area contributed by atoms with E-state index in [9.17, 15) is 19.3 Å². The van der Waals surface area contributed by atoms with Gasteiger partial charge in [-0.25, -0.2) is 14.2 Å². The first kappa shape index (κ1) is 17.3. The van der Waals surface area contributed by atoms with Crippen molar-refractivity contribution in [2.75, 3.05) is 11.4 Å². The Morgan fingerprint density at radius 3 is 2.74 bits per heavy atom. The number of carboxylic acid groups (broad SMARTS) is 1. The summed E-state index contributed by atoms with van der Waals surface area (Å²) in [6.45, 7) is 0.368. The van der Waals surface area contributed by atoms with Crippen molar-refractivity contribution < 1.29 is 19.2 Å². The van der Waals surface area contributed by atoms with Crippen LogP contribution in [0.5, 0.6) is 0 Å². The molecule has 126 valence electrons. The number of nitro groups is 1. The number of carbonyl (C=O) groups is 1. The smallest absolute Gasteiger partial charge is 0.343 e. The van der Waals surface area contributed by atoms with Crippen LogP contribution in [0.3, 0.4) is 0 Å². The number of hydrogen-bond donors (Lipinski definition) is 1. The molecular weight excluding hydrogens is 331 g/mol. The van der Waals surface area contributed by atoms with Crippen LogP contribution in [0, 0.1) is 10.1 Å². The van der Waals surface area contributed by atoms with E-state index in [1.165, 1.54) is 4.90 Å². The van der Waals surface area contributed by atoms with Crippen LogP contribution in [-0.4, -0.2) is 44.2 Å². The number of rotatable bonds is 6. The fourth-order valence-corrected chi connectivity index (χ4v) is 2.80. The molecule has 1 fully saturated rings. The van der Waals surface area contributed by atoms with Crippen LogP contribution >= 0.6 is 11.6 Å². The third kappa shape index (κ3) is 3.84. The van der Waals surface area contributed by atoms with Crippen LogP contribution < -0.4 is 4.90 Å². The molecule has 1 unspecified atom stereocenters. The van der Waals surface area contributed by atoms with Gasteiger partial charge in [-0.1, -0.05) is 12.8 Å². The highest BCUT2D eigenvalue weighted by atomic mass is 35.5. The summed E-state index contributed by atoms with van der Waals surface area (Å²) in [5.41, 5.74) is -3.00. The number of aliphatic carboxylic acids is 1. The third-order valence-corrected chi connectivity index (χ3v) is 4.05. The summed E-state index contributed by atoms with van der Waals surface area (Å²) < 4.78 is 14.3. The number of anilines is 1. The number of nitrogens with zero attached hydrogens (tertiary/aromatic N) is 4. The molecule has 1 aromatic rings. The van der Waals surface area contributed by atoms with E-state index in [1.807, 2.05) is 0 Å². The summed E-state index contributed by atoms with van der Waals surface area (Å²) in [7, 11) is 0. The Kier molecular flexibility index (Phi) is 4.98. The molecule has 2 rings (SSSR count). The lowest BCUT2D eigenvalue weighted by atomic mass is 10.1. The van der Waals surface area contributed by atoms with Crippen LogP contribution in [0.25, 0.3) is 0 Å². The summed E-state index contributed by atoms with van der Waals surface area (Å²) >= 11 is 5.72. The van der Waals surface area contributed by atoms with Gasteiger partial charge in [-0.3, -0.25) is 10.1 Å². The summed E-state index contributed by atoms with van der Waals surface area (Å²) in [6, 6.07) is -0.228. The molecule has 0 radical (unpaired) electrons. The molecule has 1 heterocycles. The first-order chi connectivity index (χ1) is 10.7. The highest BCUT2D eigenvalue weighted by molar-refractivity contribution is 6.28. The third-order valence-electron chi connectivity index (χ3n) is 3.87. The van der Waals surface area contributed by atoms with E-state index in [2.05, 4.69) is 9.97 Å². The zero-order valence-corrected chi connectivity index (χ0v) is 13.2. The molecular formula is C13H16ClFN4O4. The number of hydrogen-bond acceptors (Lipinski definition) is 6. The molecule has 8 nitrogen and oxygen atoms in total. The van der Waals surface area contributed by atoms with Gasteiger partial charge in [0.15, 0.2) is 0 Å². The lowest BCUT2D eigenvalue weighted by Crippen LogP contribution is -2.47. The van der Waals surface area contributed by atoms with Crippen LogP contribution in [-0.2, 0) is 4.79 Å². The topological polar surface area (TPSA) is 109 Å². The Hall–Kier alpha value is -2.03. The van der Waals surface area contributed by atoms with Gasteiger partial charge in [0.2, 0.25) is 16.8 Å². The summed E-state index contributed by atoms with van der Waals surface area (Å²) in [5.74, 6) is -1.78. The predicted octanol–water partition coefficient (Wildman–Crippen LogP) is 2.60. The van der Waals surface area contributed by atoms with E-state index in [0.29, 0.717) is 12.8 Å². The second-order valence-corrected chi connectivity index (χ2v) is 6.01. The second-order valence-electron chi connectivity index (χ2n) is 5.67. The second kappa shape index (κ2) is 6.61. The van der Waals surface area contributed by atoms with E-state index >= 15 is 0 Å². The first-order valence-electron chi connectivity index (χ1n) is 7.08. The molecule has 10 heteroatoms. The quantitative estimate of drug-likeness (QED) is 0.479. The highest BCUT2D eigenvalue weighted by Gasteiger charge is 2.40. The zero-order valence-electron chi connectivity index (χ0n) is 12.4. The fraction of sp³-hybridized carbons (Fsp3) is 0.615. The molecule has 0 aromatic carbocycles. The Morgan fingerprint density at radius 2 is 2.22 bits per heavy atom. The summed E-state index contributed by atoms with van der Waals surface area (Å²) in [4.78, 5) is 30.4. The van der Waals surface area contributed by atoms with E-state index in [4.69, 9.17) is 16.7 Å². The molecule has 23 heavy (non-hydrogen) atoms. The molecule has 1 N–H and O–H groups in total. The SMILES string of the molecule is CC(F)(CN(c1nc(Cl)ncc1[N+](=O)[O-])C1CCCC1)C(=O)O. The van der Waals surface area contributed by atoms with Crippen molar-refractivity contribution in [2.24, 2.45) is 0 Å². The van der Waals surface area contributed by atoms with Crippen molar-refractivity contribution in [1.82, 2.24) is 9.97 Å². The van der Waals surface area contributed by atoms with Gasteiger partial charge in [-0.2, -0.15) is 4.98 Å². The van der Waals surface area contributed by atoms with Crippen LogP contribution in [0.2, 0.25) is 5.28 Å². The van der Waals surface area contributed by atoms with Crippen LogP contribution in [0.15, 0.2) is 6.20 Å². The molecule has 1 atom stereocenters. The predicted molar refractivity (Wildman–Crippen MR) is 80.4 cm³/mol. The number of alkyl halides is 1. The van der Waals surface area contributed by atoms with E-state index in [-0.39, 0.29) is 17.1 Å². The maximum absolute atomic E-state index is 14.3. The minimum atomic E-state index is -2.58. The van der Waals surface area contributed by atoms with Gasteiger partial charge >= 0.3 is 11.7 Å². The van der Waals surface area contributed by atoms with E-state index in [0.717, 1.165) is 26.0 Å². The first-order valence-corrected chi connectivity index (χ1v) is 7.46. The molecule has 1 saturated carbocycles. The van der Waals surface area contributed by atoms with Crippen molar-refractivity contribution in [3.05, 3.63) is 21.6 Å². The van der Waals surface area contributed by atoms with Crippen molar-refractivity contribution in [2.45, 2.75) is 44.3 Å². The lowest BCUT2D eigenvalue weighted by molar-refractivity contribution is -0.384. The Bertz CT molecular complexity index is 622. The number of aromatic nitrogens is 2. The molecule has 0 spiro atoms. The standard InChI is InChI=1S/C13H16ClFN4O4/c1-13(15,11(20)21)7-18(8-4-2-3-5-8)10-9(19(22)23)6-16-12(14)17-10/h6,8H,2-5,7H2,1H3,(H,20,21). The van der Waals surface area contributed by atoms with Gasteiger partial charge < -0.3 is 10.0 Å². The monoisotopic (exact) mass is 346 g/mol. The van der Waals surface area contributed by atoms with E-state index < -0.39 is 28.8 Å². The van der Waals surface area contributed by atoms with Crippen LogP contribution in [0.4, 0.5) is 15.9 Å². The largest absolute Gasteiger partial charge is 0.479 e. The molecule has 0 amide bonds.